The lowest BCUT2D eigenvalue weighted by molar-refractivity contribution is -0.137. The number of nitrogens with zero attached hydrogens (tertiary/aromatic N) is 4. The zero-order chi connectivity index (χ0) is 22.0. The molecule has 1 amide bonds. The van der Waals surface area contributed by atoms with Crippen LogP contribution in [0.2, 0.25) is 0 Å². The van der Waals surface area contributed by atoms with Crippen molar-refractivity contribution in [2.24, 2.45) is 7.05 Å². The maximum absolute atomic E-state index is 12.8. The second-order valence-electron chi connectivity index (χ2n) is 7.54. The number of aromatic amines is 1. The predicted molar refractivity (Wildman–Crippen MR) is 106 cm³/mol. The fourth-order valence-corrected chi connectivity index (χ4v) is 3.66. The van der Waals surface area contributed by atoms with Crippen molar-refractivity contribution in [3.63, 3.8) is 0 Å². The summed E-state index contributed by atoms with van der Waals surface area (Å²) in [6, 6.07) is 6.75. The Bertz CT molecular complexity index is 1060. The number of carbonyl (C=O) groups excluding carboxylic acids is 1. The van der Waals surface area contributed by atoms with Crippen molar-refractivity contribution in [3.05, 3.63) is 65.5 Å². The molecule has 1 saturated heterocycles. The molecule has 0 saturated carbocycles. The molecule has 31 heavy (non-hydrogen) atoms. The molecule has 1 aliphatic rings. The highest BCUT2D eigenvalue weighted by Crippen LogP contribution is 2.31. The SMILES string of the molecule is Cn1ccnc1C(=O)N1CCC(c2cc(CCOc3cccc(C(F)(F)F)c3)[nH]n2)C1. The van der Waals surface area contributed by atoms with Crippen LogP contribution >= 0.6 is 0 Å². The van der Waals surface area contributed by atoms with E-state index in [4.69, 9.17) is 4.74 Å². The van der Waals surface area contributed by atoms with Gasteiger partial charge in [0.25, 0.3) is 5.91 Å². The van der Waals surface area contributed by atoms with Crippen molar-refractivity contribution in [1.29, 1.82) is 0 Å². The second-order valence-corrected chi connectivity index (χ2v) is 7.54. The van der Waals surface area contributed by atoms with Gasteiger partial charge in [-0.1, -0.05) is 6.07 Å². The molecule has 1 fully saturated rings. The van der Waals surface area contributed by atoms with Crippen molar-refractivity contribution in [2.75, 3.05) is 19.7 Å². The van der Waals surface area contributed by atoms with Crippen LogP contribution in [0, 0.1) is 0 Å². The second kappa shape index (κ2) is 8.44. The zero-order valence-corrected chi connectivity index (χ0v) is 16.9. The van der Waals surface area contributed by atoms with Gasteiger partial charge < -0.3 is 14.2 Å². The Balaban J connectivity index is 1.30. The highest BCUT2D eigenvalue weighted by Gasteiger charge is 2.31. The number of halogens is 3. The van der Waals surface area contributed by atoms with Crippen molar-refractivity contribution in [3.8, 4) is 5.75 Å². The number of benzene rings is 1. The number of rotatable bonds is 6. The third kappa shape index (κ3) is 4.73. The number of hydrogen-bond donors (Lipinski definition) is 1. The lowest BCUT2D eigenvalue weighted by Gasteiger charge is -2.15. The number of ether oxygens (including phenoxy) is 1. The van der Waals surface area contributed by atoms with Gasteiger partial charge in [-0.2, -0.15) is 18.3 Å². The number of aromatic nitrogens is 4. The van der Waals surface area contributed by atoms with Crippen LogP contribution in [-0.4, -0.2) is 50.3 Å². The van der Waals surface area contributed by atoms with Crippen LogP contribution in [0.4, 0.5) is 13.2 Å². The van der Waals surface area contributed by atoms with E-state index in [-0.39, 0.29) is 24.2 Å². The summed E-state index contributed by atoms with van der Waals surface area (Å²) in [5.74, 6) is 0.614. The van der Waals surface area contributed by atoms with E-state index in [9.17, 15) is 18.0 Å². The summed E-state index contributed by atoms with van der Waals surface area (Å²) < 4.78 is 45.5. The van der Waals surface area contributed by atoms with Crippen molar-refractivity contribution >= 4 is 5.91 Å². The Morgan fingerprint density at radius 2 is 2.16 bits per heavy atom. The highest BCUT2D eigenvalue weighted by atomic mass is 19.4. The third-order valence-corrected chi connectivity index (χ3v) is 5.36. The highest BCUT2D eigenvalue weighted by molar-refractivity contribution is 5.91. The lowest BCUT2D eigenvalue weighted by Crippen LogP contribution is -2.30. The molecule has 0 spiro atoms. The summed E-state index contributed by atoms with van der Waals surface area (Å²) in [5.41, 5.74) is 0.958. The van der Waals surface area contributed by atoms with Gasteiger partial charge in [-0.3, -0.25) is 9.89 Å². The van der Waals surface area contributed by atoms with Crippen LogP contribution in [0.25, 0.3) is 0 Å². The Kier molecular flexibility index (Phi) is 5.71. The summed E-state index contributed by atoms with van der Waals surface area (Å²) in [7, 11) is 1.79. The van der Waals surface area contributed by atoms with Gasteiger partial charge >= 0.3 is 6.18 Å². The third-order valence-electron chi connectivity index (χ3n) is 5.36. The first-order valence-electron chi connectivity index (χ1n) is 9.92. The molecule has 1 N–H and O–H groups in total. The van der Waals surface area contributed by atoms with Gasteiger partial charge in [0.2, 0.25) is 0 Å². The number of likely N-dealkylation sites (tertiary alicyclic amines) is 1. The van der Waals surface area contributed by atoms with Crippen LogP contribution in [-0.2, 0) is 19.6 Å². The molecule has 1 aliphatic heterocycles. The van der Waals surface area contributed by atoms with E-state index in [0.29, 0.717) is 25.3 Å². The van der Waals surface area contributed by atoms with Crippen molar-refractivity contribution in [1.82, 2.24) is 24.6 Å². The van der Waals surface area contributed by atoms with Gasteiger partial charge in [-0.25, -0.2) is 4.98 Å². The molecule has 1 unspecified atom stereocenters. The average molecular weight is 433 g/mol. The van der Waals surface area contributed by atoms with Crippen LogP contribution in [0.15, 0.2) is 42.7 Å². The Labute approximate surface area is 176 Å². The molecule has 1 atom stereocenters. The molecule has 3 heterocycles. The standard InChI is InChI=1S/C21H22F3N5O2/c1-28-9-7-25-19(28)20(30)29-8-5-14(13-29)18-12-16(26-27-18)6-10-31-17-4-2-3-15(11-17)21(22,23)24/h2-4,7,9,11-12,14H,5-6,8,10,13H2,1H3,(H,26,27). The van der Waals surface area contributed by atoms with Crippen LogP contribution in [0.3, 0.4) is 0 Å². The van der Waals surface area contributed by atoms with E-state index in [1.165, 1.54) is 12.1 Å². The molecule has 10 heteroatoms. The zero-order valence-electron chi connectivity index (χ0n) is 16.9. The first kappa shape index (κ1) is 21.0. The number of amides is 1. The van der Waals surface area contributed by atoms with E-state index in [0.717, 1.165) is 29.9 Å². The molecule has 0 bridgehead atoms. The minimum Gasteiger partial charge on any atom is -0.493 e. The average Bonchev–Trinajstić information content (AvgIpc) is 3.47. The largest absolute Gasteiger partial charge is 0.493 e. The number of aryl methyl sites for hydroxylation is 1. The van der Waals surface area contributed by atoms with E-state index >= 15 is 0 Å². The van der Waals surface area contributed by atoms with Crippen molar-refractivity contribution < 1.29 is 22.7 Å². The molecule has 164 valence electrons. The number of carbonyl (C=O) groups is 1. The minimum absolute atomic E-state index is 0.0970. The maximum Gasteiger partial charge on any atom is 0.416 e. The minimum atomic E-state index is -4.40. The number of H-pyrrole nitrogens is 1. The van der Waals surface area contributed by atoms with E-state index in [1.54, 1.807) is 28.9 Å². The van der Waals surface area contributed by atoms with Gasteiger partial charge in [0, 0.05) is 50.6 Å². The van der Waals surface area contributed by atoms with Crippen molar-refractivity contribution in [2.45, 2.75) is 24.9 Å². The molecule has 3 aromatic rings. The number of imidazole rings is 1. The quantitative estimate of drug-likeness (QED) is 0.647. The molecule has 1 aromatic carbocycles. The number of nitrogens with one attached hydrogen (secondary N) is 1. The van der Waals surface area contributed by atoms with Crippen LogP contribution < -0.4 is 4.74 Å². The molecule has 0 aliphatic carbocycles. The fourth-order valence-electron chi connectivity index (χ4n) is 3.66. The smallest absolute Gasteiger partial charge is 0.416 e. The topological polar surface area (TPSA) is 76.0 Å². The summed E-state index contributed by atoms with van der Waals surface area (Å²) in [6.45, 7) is 1.42. The van der Waals surface area contributed by atoms with Crippen LogP contribution in [0.5, 0.6) is 5.75 Å². The number of hydrogen-bond acceptors (Lipinski definition) is 4. The Hall–Kier alpha value is -3.30. The molecular weight excluding hydrogens is 411 g/mol. The van der Waals surface area contributed by atoms with E-state index in [2.05, 4.69) is 15.2 Å². The van der Waals surface area contributed by atoms with Gasteiger partial charge in [0.05, 0.1) is 17.9 Å². The summed E-state index contributed by atoms with van der Waals surface area (Å²) in [6.07, 6.45) is 0.224. The summed E-state index contributed by atoms with van der Waals surface area (Å²) in [5, 5.41) is 7.31. The Morgan fingerprint density at radius 1 is 1.32 bits per heavy atom. The maximum atomic E-state index is 12.8. The Morgan fingerprint density at radius 3 is 2.90 bits per heavy atom. The lowest BCUT2D eigenvalue weighted by atomic mass is 10.0. The monoisotopic (exact) mass is 433 g/mol. The van der Waals surface area contributed by atoms with E-state index < -0.39 is 11.7 Å². The van der Waals surface area contributed by atoms with Gasteiger partial charge in [0.1, 0.15) is 5.75 Å². The van der Waals surface area contributed by atoms with Gasteiger partial charge in [-0.05, 0) is 30.7 Å². The number of alkyl halides is 3. The summed E-state index contributed by atoms with van der Waals surface area (Å²) >= 11 is 0. The molecule has 2 aromatic heterocycles. The molecule has 4 rings (SSSR count). The predicted octanol–water partition coefficient (Wildman–Crippen LogP) is 3.41. The molecular formula is C21H22F3N5O2. The fraction of sp³-hybridized carbons (Fsp3) is 0.381. The van der Waals surface area contributed by atoms with Gasteiger partial charge in [-0.15, -0.1) is 0 Å². The first-order valence-corrected chi connectivity index (χ1v) is 9.92. The first-order chi connectivity index (χ1) is 14.8. The van der Waals surface area contributed by atoms with E-state index in [1.807, 2.05) is 6.07 Å². The van der Waals surface area contributed by atoms with Crippen LogP contribution in [0.1, 0.15) is 39.9 Å². The normalized spacial score (nSPS) is 16.6. The molecule has 0 radical (unpaired) electrons. The molecule has 7 nitrogen and oxygen atoms in total. The van der Waals surface area contributed by atoms with Gasteiger partial charge in [0.15, 0.2) is 5.82 Å². The summed E-state index contributed by atoms with van der Waals surface area (Å²) in [4.78, 5) is 18.5.